The topological polar surface area (TPSA) is 54.4 Å². The Morgan fingerprint density at radius 3 is 1.00 bits per heavy atom. The molecule has 5 heteroatoms. The molecule has 1 N–H and O–H groups in total. The average Bonchev–Trinajstić information content (AvgIpc) is 2.82. The highest BCUT2D eigenvalue weighted by atomic mass is 32.2. The van der Waals surface area contributed by atoms with Gasteiger partial charge in [-0.2, -0.15) is 12.9 Å². The Labute approximate surface area is 190 Å². The first-order valence-corrected chi connectivity index (χ1v) is 11.8. The third kappa shape index (κ3) is 5.39. The van der Waals surface area contributed by atoms with Crippen LogP contribution < -0.4 is 4.48 Å². The molecule has 0 amide bonds. The van der Waals surface area contributed by atoms with E-state index in [4.69, 9.17) is 4.55 Å². The summed E-state index contributed by atoms with van der Waals surface area (Å²) in [6.45, 7) is 3.11. The van der Waals surface area contributed by atoms with Gasteiger partial charge in [0.05, 0.1) is 5.75 Å². The second-order valence-corrected chi connectivity index (χ2v) is 8.55. The zero-order valence-electron chi connectivity index (χ0n) is 17.7. The van der Waals surface area contributed by atoms with Crippen LogP contribution in [0.2, 0.25) is 0 Å². The largest absolute Gasteiger partial charge is 0.285 e. The summed E-state index contributed by atoms with van der Waals surface area (Å²) in [5.41, 5.74) is 4.86. The van der Waals surface area contributed by atoms with Gasteiger partial charge in [-0.1, -0.05) is 78.9 Å². The highest BCUT2D eigenvalue weighted by Crippen LogP contribution is 2.50. The first kappa shape index (κ1) is 23.2. The van der Waals surface area contributed by atoms with Crippen molar-refractivity contribution in [1.29, 1.82) is 0 Å². The van der Waals surface area contributed by atoms with Crippen molar-refractivity contribution in [3.8, 4) is 0 Å². The molecule has 32 heavy (non-hydrogen) atoms. The van der Waals surface area contributed by atoms with Gasteiger partial charge in [0.15, 0.2) is 0 Å². The summed E-state index contributed by atoms with van der Waals surface area (Å²) in [6, 6.07) is 42.8. The molecule has 0 fully saturated rings. The molecule has 0 aliphatic carbocycles. The molecule has 0 aliphatic heterocycles. The fourth-order valence-corrected chi connectivity index (χ4v) is 3.95. The van der Waals surface area contributed by atoms with Crippen LogP contribution >= 0.6 is 0 Å². The second-order valence-electron chi connectivity index (χ2n) is 7.05. The van der Waals surface area contributed by atoms with E-state index in [1.165, 1.54) is 22.7 Å². The Hall–Kier alpha value is -3.51. The van der Waals surface area contributed by atoms with E-state index in [1.807, 2.05) is 0 Å². The van der Waals surface area contributed by atoms with E-state index >= 15 is 0 Å². The van der Waals surface area contributed by atoms with Gasteiger partial charge in [-0.15, -0.1) is 6.58 Å². The van der Waals surface area contributed by atoms with Crippen molar-refractivity contribution in [1.82, 2.24) is 4.48 Å². The maximum atomic E-state index is 9.72. The van der Waals surface area contributed by atoms with Crippen LogP contribution in [0.3, 0.4) is 0 Å². The van der Waals surface area contributed by atoms with Crippen molar-refractivity contribution >= 4 is 32.9 Å². The van der Waals surface area contributed by atoms with Gasteiger partial charge in [0, 0.05) is 48.5 Å². The van der Waals surface area contributed by atoms with Gasteiger partial charge in [-0.25, -0.2) is 0 Å². The van der Waals surface area contributed by atoms with E-state index in [-0.39, 0.29) is 5.75 Å². The zero-order valence-corrected chi connectivity index (χ0v) is 18.5. The molecule has 4 aromatic rings. The smallest absolute Gasteiger partial charge is 0.268 e. The molecule has 0 aromatic heterocycles. The van der Waals surface area contributed by atoms with Crippen molar-refractivity contribution in [2.75, 3.05) is 5.75 Å². The molecule has 0 saturated heterocycles. The number of quaternary nitrogens is 1. The van der Waals surface area contributed by atoms with Crippen LogP contribution in [0, 0.1) is 0 Å². The van der Waals surface area contributed by atoms with E-state index in [9.17, 15) is 8.42 Å². The lowest BCUT2D eigenvalue weighted by Crippen LogP contribution is -2.33. The summed E-state index contributed by atoms with van der Waals surface area (Å²) in [7, 11) is -3.79. The lowest BCUT2D eigenvalue weighted by Gasteiger charge is -2.37. The summed E-state index contributed by atoms with van der Waals surface area (Å²) in [5, 5.41) is 0. The van der Waals surface area contributed by atoms with E-state index in [1.54, 1.807) is 0 Å². The normalized spacial score (nSPS) is 11.2. The standard InChI is InChI=1S/C24H20N.C3H6O3S/c1-5-13-21(14-6-1)25(22-15-7-2-8-16-22,23-17-9-3-10-18-23)24-19-11-4-12-20-24;1-2-3-7(4,5)6/h1-20H;2H,1,3H2,(H,4,5,6)/q+1;. The van der Waals surface area contributed by atoms with Gasteiger partial charge in [0.2, 0.25) is 0 Å². The first-order valence-electron chi connectivity index (χ1n) is 10.2. The lowest BCUT2D eigenvalue weighted by molar-refractivity contribution is 0.487. The molecular formula is C27H26NO3S+. The highest BCUT2D eigenvalue weighted by Gasteiger charge is 2.38. The summed E-state index contributed by atoms with van der Waals surface area (Å²) in [5.74, 6) is -0.368. The predicted molar refractivity (Wildman–Crippen MR) is 133 cm³/mol. The minimum Gasteiger partial charge on any atom is -0.285 e. The third-order valence-corrected chi connectivity index (χ3v) is 5.56. The number of rotatable bonds is 6. The third-order valence-electron chi connectivity index (χ3n) is 4.90. The fourth-order valence-electron chi connectivity index (χ4n) is 3.65. The number of nitrogens with zero attached hydrogens (tertiary/aromatic N) is 1. The summed E-state index contributed by atoms with van der Waals surface area (Å²) < 4.78 is 27.9. The van der Waals surface area contributed by atoms with Crippen molar-refractivity contribution in [2.24, 2.45) is 0 Å². The monoisotopic (exact) mass is 444 g/mol. The number of hydrogen-bond donors (Lipinski definition) is 1. The second kappa shape index (κ2) is 10.7. The predicted octanol–water partition coefficient (Wildman–Crippen LogP) is 7.05. The summed E-state index contributed by atoms with van der Waals surface area (Å²) in [4.78, 5) is 0. The Morgan fingerprint density at radius 2 is 0.844 bits per heavy atom. The Morgan fingerprint density at radius 1 is 0.594 bits per heavy atom. The molecule has 4 rings (SSSR count). The molecular weight excluding hydrogens is 418 g/mol. The van der Waals surface area contributed by atoms with Crippen LogP contribution in [0.25, 0.3) is 0 Å². The van der Waals surface area contributed by atoms with Crippen molar-refractivity contribution < 1.29 is 13.0 Å². The van der Waals surface area contributed by atoms with Crippen LogP contribution in [0.5, 0.6) is 0 Å². The molecule has 0 saturated carbocycles. The number of para-hydroxylation sites is 4. The van der Waals surface area contributed by atoms with Gasteiger partial charge < -0.3 is 0 Å². The Kier molecular flexibility index (Phi) is 7.73. The van der Waals surface area contributed by atoms with Crippen LogP contribution in [-0.4, -0.2) is 18.7 Å². The molecule has 162 valence electrons. The maximum Gasteiger partial charge on any atom is 0.268 e. The van der Waals surface area contributed by atoms with Crippen LogP contribution in [-0.2, 0) is 10.1 Å². The van der Waals surface area contributed by atoms with E-state index in [0.717, 1.165) is 6.08 Å². The van der Waals surface area contributed by atoms with Gasteiger partial charge in [-0.05, 0) is 0 Å². The molecule has 0 aliphatic rings. The number of benzene rings is 4. The SMILES string of the molecule is C=CCS(=O)(=O)O.c1ccc([N+](c2ccccc2)(c2ccccc2)c2ccccc2)cc1. The van der Waals surface area contributed by atoms with Crippen LogP contribution in [0.1, 0.15) is 0 Å². The summed E-state index contributed by atoms with van der Waals surface area (Å²) >= 11 is 0. The van der Waals surface area contributed by atoms with Gasteiger partial charge >= 0.3 is 0 Å². The highest BCUT2D eigenvalue weighted by molar-refractivity contribution is 7.85. The van der Waals surface area contributed by atoms with Crippen LogP contribution in [0.4, 0.5) is 22.7 Å². The lowest BCUT2D eigenvalue weighted by atomic mass is 10.1. The maximum absolute atomic E-state index is 9.72. The van der Waals surface area contributed by atoms with Crippen molar-refractivity contribution in [3.63, 3.8) is 0 Å². The molecule has 0 atom stereocenters. The van der Waals surface area contributed by atoms with E-state index < -0.39 is 10.1 Å². The average molecular weight is 445 g/mol. The van der Waals surface area contributed by atoms with E-state index in [0.29, 0.717) is 4.48 Å². The molecule has 0 bridgehead atoms. The van der Waals surface area contributed by atoms with Crippen molar-refractivity contribution in [2.45, 2.75) is 0 Å². The quantitative estimate of drug-likeness (QED) is 0.197. The van der Waals surface area contributed by atoms with Crippen LogP contribution in [0.15, 0.2) is 134 Å². The van der Waals surface area contributed by atoms with Crippen molar-refractivity contribution in [3.05, 3.63) is 134 Å². The Bertz CT molecular complexity index is 1050. The minimum atomic E-state index is -3.79. The molecule has 0 spiro atoms. The first-order chi connectivity index (χ1) is 15.5. The minimum absolute atomic E-state index is 0.368. The van der Waals surface area contributed by atoms with Gasteiger partial charge in [0.1, 0.15) is 22.7 Å². The number of hydrogen-bond acceptors (Lipinski definition) is 2. The molecule has 4 aromatic carbocycles. The fraction of sp³-hybridized carbons (Fsp3) is 0.0370. The van der Waals surface area contributed by atoms with E-state index in [2.05, 4.69) is 128 Å². The van der Waals surface area contributed by atoms with Gasteiger partial charge in [-0.3, -0.25) is 4.55 Å². The Balaban J connectivity index is 0.000000360. The zero-order chi connectivity index (χ0) is 22.9. The molecule has 4 nitrogen and oxygen atoms in total. The molecule has 0 radical (unpaired) electrons. The summed E-state index contributed by atoms with van der Waals surface area (Å²) in [6.07, 6.45) is 1.12. The molecule has 0 heterocycles. The molecule has 0 unspecified atom stereocenters. The van der Waals surface area contributed by atoms with Gasteiger partial charge in [0.25, 0.3) is 10.1 Å².